The quantitative estimate of drug-likeness (QED) is 0.845. The SMILES string of the molecule is Cc1nc(CNS(=O)(=O)c2cc(N)c(F)cc2C)cs1. The molecule has 0 amide bonds. The normalized spacial score (nSPS) is 11.8. The van der Waals surface area contributed by atoms with Crippen molar-refractivity contribution >= 4 is 27.0 Å². The fourth-order valence-electron chi connectivity index (χ4n) is 1.69. The molecule has 20 heavy (non-hydrogen) atoms. The molecule has 2 rings (SSSR count). The summed E-state index contributed by atoms with van der Waals surface area (Å²) in [5, 5.41) is 2.64. The van der Waals surface area contributed by atoms with E-state index in [0.29, 0.717) is 11.3 Å². The number of aromatic nitrogens is 1. The molecule has 0 unspecified atom stereocenters. The smallest absolute Gasteiger partial charge is 0.241 e. The zero-order chi connectivity index (χ0) is 14.9. The highest BCUT2D eigenvalue weighted by atomic mass is 32.2. The maximum absolute atomic E-state index is 13.3. The first-order chi connectivity index (χ1) is 9.29. The standard InChI is InChI=1S/C12H14FN3O2S2/c1-7-3-10(13)11(14)4-12(7)20(17,18)15-5-9-6-19-8(2)16-9/h3-4,6,15H,5,14H2,1-2H3. The molecule has 1 heterocycles. The molecule has 0 atom stereocenters. The Hall–Kier alpha value is -1.51. The molecule has 0 bridgehead atoms. The minimum Gasteiger partial charge on any atom is -0.396 e. The molecule has 0 spiro atoms. The van der Waals surface area contributed by atoms with E-state index < -0.39 is 15.8 Å². The van der Waals surface area contributed by atoms with Crippen molar-refractivity contribution in [2.45, 2.75) is 25.3 Å². The molecule has 0 fully saturated rings. The minimum absolute atomic E-state index is 0.0247. The molecule has 8 heteroatoms. The molecule has 1 aromatic carbocycles. The zero-order valence-electron chi connectivity index (χ0n) is 11.0. The van der Waals surface area contributed by atoms with Crippen molar-refractivity contribution in [2.24, 2.45) is 0 Å². The number of rotatable bonds is 4. The van der Waals surface area contributed by atoms with E-state index in [0.717, 1.165) is 17.1 Å². The van der Waals surface area contributed by atoms with Crippen molar-refractivity contribution < 1.29 is 12.8 Å². The van der Waals surface area contributed by atoms with Crippen LogP contribution in [0.15, 0.2) is 22.4 Å². The van der Waals surface area contributed by atoms with Crippen LogP contribution in [-0.4, -0.2) is 13.4 Å². The summed E-state index contributed by atoms with van der Waals surface area (Å²) in [7, 11) is -3.75. The number of nitrogen functional groups attached to an aromatic ring is 1. The summed E-state index contributed by atoms with van der Waals surface area (Å²) < 4.78 is 40.0. The van der Waals surface area contributed by atoms with Crippen LogP contribution in [0.1, 0.15) is 16.3 Å². The average molecular weight is 315 g/mol. The van der Waals surface area contributed by atoms with Crippen LogP contribution in [0, 0.1) is 19.7 Å². The number of hydrogen-bond donors (Lipinski definition) is 2. The fraction of sp³-hybridized carbons (Fsp3) is 0.250. The molecule has 0 saturated heterocycles. The Kier molecular flexibility index (Phi) is 4.07. The Morgan fingerprint density at radius 1 is 1.40 bits per heavy atom. The van der Waals surface area contributed by atoms with Gasteiger partial charge in [0, 0.05) is 5.38 Å². The molecule has 2 aromatic rings. The Labute approximate surface area is 120 Å². The molecule has 0 aliphatic rings. The Morgan fingerprint density at radius 3 is 2.70 bits per heavy atom. The number of nitrogens with one attached hydrogen (secondary N) is 1. The predicted molar refractivity (Wildman–Crippen MR) is 76.4 cm³/mol. The summed E-state index contributed by atoms with van der Waals surface area (Å²) in [6, 6.07) is 2.23. The second-order valence-electron chi connectivity index (χ2n) is 4.32. The number of nitrogens with two attached hydrogens (primary N) is 1. The maximum atomic E-state index is 13.3. The van der Waals surface area contributed by atoms with E-state index >= 15 is 0 Å². The van der Waals surface area contributed by atoms with Gasteiger partial charge in [-0.25, -0.2) is 22.5 Å². The largest absolute Gasteiger partial charge is 0.396 e. The average Bonchev–Trinajstić information content (AvgIpc) is 2.77. The number of thiazole rings is 1. The van der Waals surface area contributed by atoms with Crippen LogP contribution in [0.2, 0.25) is 0 Å². The summed E-state index contributed by atoms with van der Waals surface area (Å²) in [6.45, 7) is 3.45. The lowest BCUT2D eigenvalue weighted by atomic mass is 10.2. The number of hydrogen-bond acceptors (Lipinski definition) is 5. The van der Waals surface area contributed by atoms with E-state index in [1.807, 2.05) is 6.92 Å². The van der Waals surface area contributed by atoms with E-state index in [1.165, 1.54) is 18.3 Å². The topological polar surface area (TPSA) is 85.1 Å². The number of benzene rings is 1. The van der Waals surface area contributed by atoms with Crippen molar-refractivity contribution in [3.8, 4) is 0 Å². The first kappa shape index (κ1) is 14.9. The van der Waals surface area contributed by atoms with Crippen molar-refractivity contribution in [1.82, 2.24) is 9.71 Å². The molecule has 0 saturated carbocycles. The molecule has 1 aromatic heterocycles. The summed E-state index contributed by atoms with van der Waals surface area (Å²) in [5.41, 5.74) is 6.17. The van der Waals surface area contributed by atoms with E-state index in [1.54, 1.807) is 5.38 Å². The lowest BCUT2D eigenvalue weighted by molar-refractivity contribution is 0.579. The van der Waals surface area contributed by atoms with Gasteiger partial charge in [-0.05, 0) is 31.5 Å². The van der Waals surface area contributed by atoms with Gasteiger partial charge in [-0.2, -0.15) is 0 Å². The third-order valence-electron chi connectivity index (χ3n) is 2.69. The Morgan fingerprint density at radius 2 is 2.10 bits per heavy atom. The first-order valence-electron chi connectivity index (χ1n) is 5.76. The molecule has 0 radical (unpaired) electrons. The highest BCUT2D eigenvalue weighted by molar-refractivity contribution is 7.89. The number of halogens is 1. The summed E-state index contributed by atoms with van der Waals surface area (Å²) in [5.74, 6) is -0.628. The van der Waals surface area contributed by atoms with Gasteiger partial charge in [0.1, 0.15) is 5.82 Å². The van der Waals surface area contributed by atoms with Crippen LogP contribution >= 0.6 is 11.3 Å². The Balaban J connectivity index is 2.24. The van der Waals surface area contributed by atoms with Crippen molar-refractivity contribution in [1.29, 1.82) is 0 Å². The van der Waals surface area contributed by atoms with Crippen LogP contribution in [0.4, 0.5) is 10.1 Å². The predicted octanol–water partition coefficient (Wildman–Crippen LogP) is 1.96. The number of nitrogens with zero attached hydrogens (tertiary/aromatic N) is 1. The maximum Gasteiger partial charge on any atom is 0.241 e. The van der Waals surface area contributed by atoms with Crippen molar-refractivity contribution in [3.05, 3.63) is 39.6 Å². The molecular weight excluding hydrogens is 301 g/mol. The number of anilines is 1. The third-order valence-corrected chi connectivity index (χ3v) is 5.06. The second-order valence-corrected chi connectivity index (χ2v) is 7.12. The van der Waals surface area contributed by atoms with Crippen LogP contribution in [-0.2, 0) is 16.6 Å². The second kappa shape index (κ2) is 5.47. The summed E-state index contributed by atoms with van der Waals surface area (Å²) in [4.78, 5) is 4.14. The van der Waals surface area contributed by atoms with Gasteiger partial charge in [0.25, 0.3) is 0 Å². The van der Waals surface area contributed by atoms with Gasteiger partial charge < -0.3 is 5.73 Å². The van der Waals surface area contributed by atoms with Gasteiger partial charge >= 0.3 is 0 Å². The van der Waals surface area contributed by atoms with Gasteiger partial charge in [0.15, 0.2) is 0 Å². The summed E-state index contributed by atoms with van der Waals surface area (Å²) in [6.07, 6.45) is 0. The first-order valence-corrected chi connectivity index (χ1v) is 8.12. The van der Waals surface area contributed by atoms with Crippen LogP contribution in [0.3, 0.4) is 0 Å². The molecular formula is C12H14FN3O2S2. The molecule has 108 valence electrons. The highest BCUT2D eigenvalue weighted by Crippen LogP contribution is 2.21. The van der Waals surface area contributed by atoms with Gasteiger partial charge in [-0.15, -0.1) is 11.3 Å². The lowest BCUT2D eigenvalue weighted by Gasteiger charge is -2.10. The van der Waals surface area contributed by atoms with Gasteiger partial charge in [-0.1, -0.05) is 0 Å². The lowest BCUT2D eigenvalue weighted by Crippen LogP contribution is -2.24. The highest BCUT2D eigenvalue weighted by Gasteiger charge is 2.19. The minimum atomic E-state index is -3.75. The van der Waals surface area contributed by atoms with Crippen molar-refractivity contribution in [2.75, 3.05) is 5.73 Å². The van der Waals surface area contributed by atoms with Crippen LogP contribution in [0.5, 0.6) is 0 Å². The summed E-state index contributed by atoms with van der Waals surface area (Å²) >= 11 is 1.44. The van der Waals surface area contributed by atoms with Crippen LogP contribution < -0.4 is 10.5 Å². The van der Waals surface area contributed by atoms with Gasteiger partial charge in [-0.3, -0.25) is 0 Å². The molecule has 0 aliphatic heterocycles. The van der Waals surface area contributed by atoms with Gasteiger partial charge in [0.05, 0.1) is 27.8 Å². The third kappa shape index (κ3) is 3.14. The Bertz CT molecular complexity index is 741. The monoisotopic (exact) mass is 315 g/mol. The number of aryl methyl sites for hydroxylation is 2. The van der Waals surface area contributed by atoms with E-state index in [-0.39, 0.29) is 17.1 Å². The van der Waals surface area contributed by atoms with E-state index in [9.17, 15) is 12.8 Å². The molecule has 3 N–H and O–H groups in total. The van der Waals surface area contributed by atoms with E-state index in [2.05, 4.69) is 9.71 Å². The number of sulfonamides is 1. The van der Waals surface area contributed by atoms with E-state index in [4.69, 9.17) is 5.73 Å². The van der Waals surface area contributed by atoms with Gasteiger partial charge in [0.2, 0.25) is 10.0 Å². The van der Waals surface area contributed by atoms with Crippen LogP contribution in [0.25, 0.3) is 0 Å². The van der Waals surface area contributed by atoms with Crippen molar-refractivity contribution in [3.63, 3.8) is 0 Å². The fourth-order valence-corrected chi connectivity index (χ4v) is 3.57. The molecule has 0 aliphatic carbocycles. The zero-order valence-corrected chi connectivity index (χ0v) is 12.6. The molecule has 5 nitrogen and oxygen atoms in total.